The standard InChI is InChI=1S/C27H12F2NS.C11H8N.Ir/c28-22-10-16-5-6-17-18-7-8-30-27-21-9-14-3-1-2-4-15(14)11-24(21)31-25(26(18)27)13-20(17)19(16)12-23(22)29;1-2-6-10(7-3-1)11-8-4-5-9-12-11;/h1-8,10-13H;1-6,8-9H;/q2*-1;. The molecule has 0 atom stereocenters. The summed E-state index contributed by atoms with van der Waals surface area (Å²) in [7, 11) is 0. The number of rotatable bonds is 1. The minimum absolute atomic E-state index is 0. The number of benzene rings is 6. The van der Waals surface area contributed by atoms with E-state index in [1.807, 2.05) is 79.0 Å². The molecule has 2 nitrogen and oxygen atoms in total. The Balaban J connectivity index is 0.000000203. The van der Waals surface area contributed by atoms with E-state index in [9.17, 15) is 8.78 Å². The Hall–Kier alpha value is -4.48. The molecule has 1 aliphatic heterocycles. The molecule has 0 N–H and O–H groups in total. The molecule has 0 bridgehead atoms. The molecule has 0 aliphatic carbocycles. The monoisotopic (exact) mass is 767 g/mol. The molecule has 6 aromatic carbocycles. The SMILES string of the molecule is Fc1cc2ccc3c4ccnc5c4c(cc3c2cc1F)Sc1cc2ccccc2[c-]c1-5.[Ir].[c-]1ccccc1-c1ccccn1. The summed E-state index contributed by atoms with van der Waals surface area (Å²) in [5.74, 6) is -1.66. The van der Waals surface area contributed by atoms with E-state index in [1.54, 1.807) is 18.0 Å². The van der Waals surface area contributed by atoms with Crippen LogP contribution in [0, 0.1) is 23.8 Å². The predicted octanol–water partition coefficient (Wildman–Crippen LogP) is 10.5. The maximum absolute atomic E-state index is 14.1. The van der Waals surface area contributed by atoms with Gasteiger partial charge in [0.1, 0.15) is 0 Å². The fourth-order valence-corrected chi connectivity index (χ4v) is 6.89. The number of fused-ring (bicyclic) bond motifs is 7. The van der Waals surface area contributed by atoms with Gasteiger partial charge in [-0.1, -0.05) is 53.4 Å². The maximum atomic E-state index is 14.1. The molecule has 8 aromatic rings. The van der Waals surface area contributed by atoms with Crippen LogP contribution in [0.4, 0.5) is 8.78 Å². The van der Waals surface area contributed by atoms with E-state index in [1.165, 1.54) is 12.1 Å². The van der Waals surface area contributed by atoms with Gasteiger partial charge >= 0.3 is 0 Å². The smallest absolute Gasteiger partial charge is 0.159 e. The van der Waals surface area contributed by atoms with Crippen molar-refractivity contribution < 1.29 is 28.9 Å². The Morgan fingerprint density at radius 3 is 2.30 bits per heavy atom. The molecule has 1 aliphatic rings. The van der Waals surface area contributed by atoms with Crippen molar-refractivity contribution in [2.24, 2.45) is 0 Å². The molecule has 9 rings (SSSR count). The van der Waals surface area contributed by atoms with Crippen molar-refractivity contribution in [1.29, 1.82) is 0 Å². The molecule has 0 fully saturated rings. The van der Waals surface area contributed by atoms with Gasteiger partial charge in [-0.2, -0.15) is 0 Å². The van der Waals surface area contributed by atoms with Gasteiger partial charge in [0.15, 0.2) is 11.6 Å². The maximum Gasteiger partial charge on any atom is 0.159 e. The fourth-order valence-electron chi connectivity index (χ4n) is 5.74. The summed E-state index contributed by atoms with van der Waals surface area (Å²) in [5.41, 5.74) is 3.94. The largest absolute Gasteiger partial charge is 0.305 e. The topological polar surface area (TPSA) is 25.8 Å². The summed E-state index contributed by atoms with van der Waals surface area (Å²) >= 11 is 1.68. The van der Waals surface area contributed by atoms with Gasteiger partial charge in [-0.3, -0.25) is 4.98 Å². The van der Waals surface area contributed by atoms with Crippen LogP contribution in [0.15, 0.2) is 131 Å². The average molecular weight is 767 g/mol. The Labute approximate surface area is 270 Å². The number of aromatic nitrogens is 2. The Bertz CT molecular complexity index is 2310. The third-order valence-corrected chi connectivity index (χ3v) is 8.81. The van der Waals surface area contributed by atoms with Crippen molar-refractivity contribution >= 4 is 54.9 Å². The van der Waals surface area contributed by atoms with Crippen molar-refractivity contribution in [3.05, 3.63) is 145 Å². The van der Waals surface area contributed by atoms with Gasteiger partial charge in [-0.15, -0.1) is 71.2 Å². The summed E-state index contributed by atoms with van der Waals surface area (Å²) < 4.78 is 27.9. The van der Waals surface area contributed by atoms with Crippen LogP contribution in [0.2, 0.25) is 0 Å². The number of nitrogens with zero attached hydrogens (tertiary/aromatic N) is 2. The van der Waals surface area contributed by atoms with E-state index < -0.39 is 11.6 Å². The van der Waals surface area contributed by atoms with Crippen LogP contribution in [0.25, 0.3) is 65.6 Å². The molecule has 3 heterocycles. The first-order valence-electron chi connectivity index (χ1n) is 13.8. The zero-order valence-corrected chi connectivity index (χ0v) is 26.2. The molecule has 213 valence electrons. The van der Waals surface area contributed by atoms with Crippen LogP contribution in [-0.2, 0) is 20.1 Å². The number of halogens is 2. The molecule has 0 saturated carbocycles. The third kappa shape index (κ3) is 4.86. The van der Waals surface area contributed by atoms with E-state index in [0.29, 0.717) is 10.8 Å². The summed E-state index contributed by atoms with van der Waals surface area (Å²) in [6.07, 6.45) is 3.61. The number of hydrogen-bond acceptors (Lipinski definition) is 3. The van der Waals surface area contributed by atoms with Crippen molar-refractivity contribution in [3.63, 3.8) is 0 Å². The van der Waals surface area contributed by atoms with E-state index in [4.69, 9.17) is 4.98 Å². The van der Waals surface area contributed by atoms with Gasteiger partial charge in [-0.05, 0) is 73.2 Å². The van der Waals surface area contributed by atoms with Crippen molar-refractivity contribution in [2.75, 3.05) is 0 Å². The molecule has 6 heteroatoms. The normalized spacial score (nSPS) is 11.6. The van der Waals surface area contributed by atoms with E-state index in [0.717, 1.165) is 64.6 Å². The summed E-state index contributed by atoms with van der Waals surface area (Å²) in [6, 6.07) is 41.3. The second kappa shape index (κ2) is 11.5. The molecule has 1 radical (unpaired) electrons. The van der Waals surface area contributed by atoms with Crippen LogP contribution < -0.4 is 0 Å². The average Bonchev–Trinajstić information content (AvgIpc) is 3.06. The van der Waals surface area contributed by atoms with E-state index >= 15 is 0 Å². The van der Waals surface area contributed by atoms with Crippen LogP contribution in [0.5, 0.6) is 0 Å². The Kier molecular flexibility index (Phi) is 7.43. The first kappa shape index (κ1) is 28.3. The van der Waals surface area contributed by atoms with E-state index in [-0.39, 0.29) is 20.1 Å². The van der Waals surface area contributed by atoms with Gasteiger partial charge in [0.25, 0.3) is 0 Å². The summed E-state index contributed by atoms with van der Waals surface area (Å²) in [6.45, 7) is 0. The first-order valence-corrected chi connectivity index (χ1v) is 14.6. The molecular formula is C38H20F2IrN2S-2. The number of hydrogen-bond donors (Lipinski definition) is 0. The molecule has 0 spiro atoms. The first-order chi connectivity index (χ1) is 21.1. The predicted molar refractivity (Wildman–Crippen MR) is 171 cm³/mol. The summed E-state index contributed by atoms with van der Waals surface area (Å²) in [4.78, 5) is 11.1. The molecular weight excluding hydrogens is 747 g/mol. The van der Waals surface area contributed by atoms with Crippen molar-refractivity contribution in [2.45, 2.75) is 9.79 Å². The molecule has 0 unspecified atom stereocenters. The molecule has 0 amide bonds. The van der Waals surface area contributed by atoms with Crippen molar-refractivity contribution in [3.8, 4) is 22.5 Å². The van der Waals surface area contributed by atoms with Crippen LogP contribution in [0.3, 0.4) is 0 Å². The quantitative estimate of drug-likeness (QED) is 0.123. The van der Waals surface area contributed by atoms with Gasteiger partial charge in [0.2, 0.25) is 0 Å². The minimum atomic E-state index is -0.830. The van der Waals surface area contributed by atoms with Crippen LogP contribution >= 0.6 is 11.8 Å². The van der Waals surface area contributed by atoms with Gasteiger partial charge < -0.3 is 4.98 Å². The van der Waals surface area contributed by atoms with Gasteiger partial charge in [0.05, 0.1) is 0 Å². The second-order valence-corrected chi connectivity index (χ2v) is 11.4. The van der Waals surface area contributed by atoms with Crippen LogP contribution in [-0.4, -0.2) is 9.97 Å². The Morgan fingerprint density at radius 1 is 0.614 bits per heavy atom. The zero-order chi connectivity index (χ0) is 28.9. The Morgan fingerprint density at radius 2 is 1.45 bits per heavy atom. The molecule has 44 heavy (non-hydrogen) atoms. The minimum Gasteiger partial charge on any atom is -0.305 e. The number of pyridine rings is 2. The fraction of sp³-hybridized carbons (Fsp3) is 0. The summed E-state index contributed by atoms with van der Waals surface area (Å²) in [5, 5.41) is 7.66. The van der Waals surface area contributed by atoms with Gasteiger partial charge in [-0.25, -0.2) is 8.78 Å². The van der Waals surface area contributed by atoms with Crippen molar-refractivity contribution in [1.82, 2.24) is 9.97 Å². The zero-order valence-electron chi connectivity index (χ0n) is 22.9. The molecule has 0 saturated heterocycles. The second-order valence-electron chi connectivity index (χ2n) is 10.3. The van der Waals surface area contributed by atoms with E-state index in [2.05, 4.69) is 41.4 Å². The molecule has 2 aromatic heterocycles. The van der Waals surface area contributed by atoms with Crippen LogP contribution in [0.1, 0.15) is 0 Å². The van der Waals surface area contributed by atoms with Gasteiger partial charge in [0, 0.05) is 43.1 Å². The third-order valence-electron chi connectivity index (χ3n) is 7.73.